The third-order valence-corrected chi connectivity index (χ3v) is 9.36. The molecule has 10 nitrogen and oxygen atoms in total. The lowest BCUT2D eigenvalue weighted by Crippen LogP contribution is -2.27. The number of benzene rings is 2. The Kier molecular flexibility index (Phi) is 7.80. The lowest BCUT2D eigenvalue weighted by Gasteiger charge is -2.28. The minimum Gasteiger partial charge on any atom is -0.478 e. The fraction of sp³-hybridized carbons (Fsp3) is 0.265. The molecule has 0 spiro atoms. The van der Waals surface area contributed by atoms with Gasteiger partial charge < -0.3 is 19.1 Å². The third-order valence-electron chi connectivity index (χ3n) is 8.34. The lowest BCUT2D eigenvalue weighted by molar-refractivity contribution is 0.0697. The molecule has 1 aliphatic heterocycles. The van der Waals surface area contributed by atoms with Gasteiger partial charge in [-0.25, -0.2) is 28.5 Å². The molecule has 1 unspecified atom stereocenters. The highest BCUT2D eigenvalue weighted by Crippen LogP contribution is 2.41. The first-order valence-electron chi connectivity index (χ1n) is 14.9. The van der Waals surface area contributed by atoms with Crippen molar-refractivity contribution < 1.29 is 28.2 Å². The quantitative estimate of drug-likeness (QED) is 0.183. The van der Waals surface area contributed by atoms with Crippen LogP contribution >= 0.6 is 11.3 Å². The molecule has 240 valence electrons. The van der Waals surface area contributed by atoms with E-state index >= 15 is 8.78 Å². The Morgan fingerprint density at radius 3 is 2.72 bits per heavy atom. The number of aromatic nitrogens is 6. The molecule has 0 bridgehead atoms. The van der Waals surface area contributed by atoms with Gasteiger partial charge in [0.05, 0.1) is 52.6 Å². The highest BCUT2D eigenvalue weighted by Gasteiger charge is 2.39. The van der Waals surface area contributed by atoms with Crippen molar-refractivity contribution in [2.24, 2.45) is 12.5 Å². The summed E-state index contributed by atoms with van der Waals surface area (Å²) in [6, 6.07) is 11.7. The summed E-state index contributed by atoms with van der Waals surface area (Å²) in [5.74, 6) is -1.59. The molecule has 5 heterocycles. The maximum absolute atomic E-state index is 15.7. The molecule has 0 radical (unpaired) electrons. The van der Waals surface area contributed by atoms with E-state index in [0.29, 0.717) is 30.1 Å². The molecule has 0 aliphatic carbocycles. The first kappa shape index (κ1) is 30.6. The summed E-state index contributed by atoms with van der Waals surface area (Å²) in [5.41, 5.74) is 2.27. The van der Waals surface area contributed by atoms with Crippen molar-refractivity contribution in [1.29, 1.82) is 0 Å². The minimum atomic E-state index is -1.06. The number of carboxylic acids is 1. The lowest BCUT2D eigenvalue weighted by atomic mass is 9.87. The predicted octanol–water partition coefficient (Wildman–Crippen LogP) is 6.70. The Balaban J connectivity index is 1.15. The van der Waals surface area contributed by atoms with Gasteiger partial charge >= 0.3 is 5.97 Å². The number of carboxylic acid groups (broad SMARTS) is 1. The van der Waals surface area contributed by atoms with E-state index in [9.17, 15) is 9.90 Å². The van der Waals surface area contributed by atoms with Crippen LogP contribution in [0.1, 0.15) is 46.6 Å². The number of aromatic carboxylic acids is 1. The van der Waals surface area contributed by atoms with Crippen LogP contribution in [-0.2, 0) is 24.8 Å². The highest BCUT2D eigenvalue weighted by atomic mass is 32.1. The van der Waals surface area contributed by atoms with E-state index in [1.807, 2.05) is 17.8 Å². The number of hydrogen-bond donors (Lipinski definition) is 1. The number of pyridine rings is 1. The van der Waals surface area contributed by atoms with Gasteiger partial charge in [0.2, 0.25) is 5.88 Å². The van der Waals surface area contributed by atoms with E-state index in [-0.39, 0.29) is 52.7 Å². The summed E-state index contributed by atoms with van der Waals surface area (Å²) >= 11 is 1.47. The number of imidazole rings is 1. The molecule has 1 aliphatic rings. The van der Waals surface area contributed by atoms with Gasteiger partial charge in [0.1, 0.15) is 29.1 Å². The van der Waals surface area contributed by atoms with Gasteiger partial charge in [-0.3, -0.25) is 4.68 Å². The van der Waals surface area contributed by atoms with Crippen LogP contribution < -0.4 is 4.74 Å². The number of fused-ring (bicyclic) bond motifs is 1. The molecule has 0 amide bonds. The molecule has 47 heavy (non-hydrogen) atoms. The van der Waals surface area contributed by atoms with E-state index in [1.165, 1.54) is 17.4 Å². The third kappa shape index (κ3) is 5.99. The van der Waals surface area contributed by atoms with Crippen LogP contribution in [0.15, 0.2) is 67.1 Å². The maximum Gasteiger partial charge on any atom is 0.335 e. The Morgan fingerprint density at radius 2 is 1.98 bits per heavy atom. The highest BCUT2D eigenvalue weighted by molar-refractivity contribution is 7.15. The number of hydrogen-bond acceptors (Lipinski definition) is 8. The zero-order valence-corrected chi connectivity index (χ0v) is 26.6. The fourth-order valence-corrected chi connectivity index (χ4v) is 6.66. The van der Waals surface area contributed by atoms with Crippen LogP contribution in [0.5, 0.6) is 5.88 Å². The van der Waals surface area contributed by atoms with Gasteiger partial charge in [0.15, 0.2) is 0 Å². The maximum atomic E-state index is 15.7. The summed E-state index contributed by atoms with van der Waals surface area (Å²) in [7, 11) is 1.85. The van der Waals surface area contributed by atoms with Crippen LogP contribution in [-0.4, -0.2) is 53.6 Å². The molecule has 0 saturated carbocycles. The molecule has 1 fully saturated rings. The largest absolute Gasteiger partial charge is 0.478 e. The van der Waals surface area contributed by atoms with Gasteiger partial charge in [0, 0.05) is 48.5 Å². The smallest absolute Gasteiger partial charge is 0.335 e. The van der Waals surface area contributed by atoms with E-state index in [0.717, 1.165) is 27.6 Å². The molecule has 7 rings (SSSR count). The summed E-state index contributed by atoms with van der Waals surface area (Å²) in [6.45, 7) is 5.15. The Hall–Kier alpha value is -5.01. The zero-order chi connectivity index (χ0) is 32.9. The normalized spacial score (nSPS) is 15.8. The number of ether oxygens (including phenoxy) is 2. The van der Waals surface area contributed by atoms with Gasteiger partial charge in [-0.2, -0.15) is 5.10 Å². The fourth-order valence-electron chi connectivity index (χ4n) is 5.86. The van der Waals surface area contributed by atoms with Crippen LogP contribution in [0.3, 0.4) is 0 Å². The average Bonchev–Trinajstić information content (AvgIpc) is 3.83. The van der Waals surface area contributed by atoms with Crippen molar-refractivity contribution in [3.8, 4) is 27.6 Å². The standard InChI is InChI=1S/C34H30F2N6O4S/c1-34(2)18-45-16-29(34)42-27-10-19(33(43)44)7-8-26(27)39-30(42)11-20-9-24(36)22(12-23(20)35)25-5-4-6-31(40-25)46-17-32-37-14-28(47-32)21-13-38-41(3)15-21/h4-10,12-15,29H,11,16-18H2,1-3H3,(H,43,44). The number of carbonyl (C=O) groups is 1. The van der Waals surface area contributed by atoms with Crippen molar-refractivity contribution in [2.75, 3.05) is 13.2 Å². The Morgan fingerprint density at radius 1 is 1.13 bits per heavy atom. The summed E-state index contributed by atoms with van der Waals surface area (Å²) in [5, 5.41) is 14.5. The average molecular weight is 657 g/mol. The summed E-state index contributed by atoms with van der Waals surface area (Å²) < 4.78 is 46.7. The second-order valence-electron chi connectivity index (χ2n) is 12.2. The topological polar surface area (TPSA) is 117 Å². The van der Waals surface area contributed by atoms with Crippen molar-refractivity contribution >= 4 is 28.3 Å². The van der Waals surface area contributed by atoms with Gasteiger partial charge in [-0.15, -0.1) is 11.3 Å². The molecule has 2 aromatic carbocycles. The van der Waals surface area contributed by atoms with E-state index in [1.54, 1.807) is 47.4 Å². The van der Waals surface area contributed by atoms with E-state index in [4.69, 9.17) is 14.5 Å². The molecular weight excluding hydrogens is 626 g/mol. The van der Waals surface area contributed by atoms with Gasteiger partial charge in [-0.05, 0) is 42.0 Å². The van der Waals surface area contributed by atoms with E-state index < -0.39 is 17.6 Å². The van der Waals surface area contributed by atoms with Crippen LogP contribution in [0.4, 0.5) is 8.78 Å². The number of halogens is 2. The predicted molar refractivity (Wildman–Crippen MR) is 171 cm³/mol. The minimum absolute atomic E-state index is 0.00487. The molecule has 1 saturated heterocycles. The molecule has 13 heteroatoms. The number of rotatable bonds is 9. The molecule has 1 N–H and O–H groups in total. The number of thiazole rings is 1. The van der Waals surface area contributed by atoms with Crippen molar-refractivity contribution in [2.45, 2.75) is 32.9 Å². The van der Waals surface area contributed by atoms with Crippen LogP contribution in [0.2, 0.25) is 0 Å². The SMILES string of the molecule is Cn1cc(-c2cnc(COc3cccc(-c4cc(F)c(Cc5nc6ccc(C(=O)O)cc6n5C5COCC5(C)C)cc4F)n3)s2)cn1. The summed E-state index contributed by atoms with van der Waals surface area (Å²) in [6.07, 6.45) is 5.41. The van der Waals surface area contributed by atoms with Crippen LogP contribution in [0, 0.1) is 17.0 Å². The van der Waals surface area contributed by atoms with Crippen LogP contribution in [0.25, 0.3) is 32.7 Å². The monoisotopic (exact) mass is 656 g/mol. The van der Waals surface area contributed by atoms with Crippen molar-refractivity contribution in [3.63, 3.8) is 0 Å². The Labute approximate surface area is 272 Å². The first-order chi connectivity index (χ1) is 22.6. The number of nitrogens with zero attached hydrogens (tertiary/aromatic N) is 6. The molecule has 4 aromatic heterocycles. The first-order valence-corrected chi connectivity index (χ1v) is 15.7. The molecular formula is C34H30F2N6O4S. The second kappa shape index (κ2) is 12.0. The second-order valence-corrected chi connectivity index (χ2v) is 13.3. The van der Waals surface area contributed by atoms with Gasteiger partial charge in [-0.1, -0.05) is 19.9 Å². The van der Waals surface area contributed by atoms with Crippen molar-refractivity contribution in [3.05, 3.63) is 101 Å². The summed E-state index contributed by atoms with van der Waals surface area (Å²) in [4.78, 5) is 26.3. The number of aryl methyl sites for hydroxylation is 1. The van der Waals surface area contributed by atoms with E-state index in [2.05, 4.69) is 28.9 Å². The Bertz CT molecular complexity index is 2140. The van der Waals surface area contributed by atoms with Gasteiger partial charge in [0.25, 0.3) is 0 Å². The molecule has 1 atom stereocenters. The molecule has 6 aromatic rings. The zero-order valence-electron chi connectivity index (χ0n) is 25.8. The van der Waals surface area contributed by atoms with Crippen molar-refractivity contribution in [1.82, 2.24) is 29.3 Å².